The van der Waals surface area contributed by atoms with Crippen LogP contribution in [0.1, 0.15) is 20.3 Å². The van der Waals surface area contributed by atoms with Crippen LogP contribution in [0.3, 0.4) is 0 Å². The molecule has 0 saturated carbocycles. The van der Waals surface area contributed by atoms with E-state index in [1.54, 1.807) is 0 Å². The average Bonchev–Trinajstić information content (AvgIpc) is 1.83. The number of ether oxygens (including phenoxy) is 1. The molecule has 1 N–H and O–H groups in total. The largest absolute Gasteiger partial charge is 0.480 e. The molecular weight excluding hydrogens is 120 g/mol. The Balaban J connectivity index is 3.16. The topological polar surface area (TPSA) is 46.5 Å². The Bertz CT molecular complexity index is 90.3. The van der Waals surface area contributed by atoms with E-state index in [0.29, 0.717) is 0 Å². The molecule has 0 unspecified atom stereocenters. The number of rotatable bonds is 4. The zero-order valence-electron chi connectivity index (χ0n) is 5.76. The third-order valence-electron chi connectivity index (χ3n) is 1.07. The number of hydrogen-bond acceptors (Lipinski definition) is 2. The van der Waals surface area contributed by atoms with Gasteiger partial charge in [0.15, 0.2) is 0 Å². The molecule has 0 spiro atoms. The lowest BCUT2D eigenvalue weighted by Crippen LogP contribution is -2.13. The van der Waals surface area contributed by atoms with Crippen LogP contribution >= 0.6 is 0 Å². The molecule has 0 aliphatic heterocycles. The smallest absolute Gasteiger partial charge is 0.329 e. The van der Waals surface area contributed by atoms with E-state index in [0.717, 1.165) is 6.42 Å². The molecule has 9 heavy (non-hydrogen) atoms. The van der Waals surface area contributed by atoms with Gasteiger partial charge in [0.05, 0.1) is 6.10 Å². The Morgan fingerprint density at radius 1 is 1.78 bits per heavy atom. The van der Waals surface area contributed by atoms with Crippen molar-refractivity contribution in [1.29, 1.82) is 0 Å². The fraction of sp³-hybridized carbons (Fsp3) is 0.833. The third-order valence-corrected chi connectivity index (χ3v) is 1.07. The second-order valence-corrected chi connectivity index (χ2v) is 1.92. The van der Waals surface area contributed by atoms with E-state index < -0.39 is 5.97 Å². The van der Waals surface area contributed by atoms with E-state index in [4.69, 9.17) is 9.84 Å². The summed E-state index contributed by atoms with van der Waals surface area (Å²) in [4.78, 5) is 9.89. The summed E-state index contributed by atoms with van der Waals surface area (Å²) < 4.78 is 4.85. The number of aliphatic carboxylic acids is 1. The van der Waals surface area contributed by atoms with Crippen LogP contribution in [0.25, 0.3) is 0 Å². The summed E-state index contributed by atoms with van der Waals surface area (Å²) in [5.74, 6) is -0.907. The predicted molar refractivity (Wildman–Crippen MR) is 33.3 cm³/mol. The molecule has 0 aromatic rings. The highest BCUT2D eigenvalue weighted by atomic mass is 16.5. The molecule has 0 heterocycles. The van der Waals surface area contributed by atoms with Gasteiger partial charge in [-0.25, -0.2) is 4.79 Å². The maximum Gasteiger partial charge on any atom is 0.329 e. The lowest BCUT2D eigenvalue weighted by Gasteiger charge is -2.06. The van der Waals surface area contributed by atoms with Crippen molar-refractivity contribution >= 4 is 5.97 Å². The summed E-state index contributed by atoms with van der Waals surface area (Å²) in [7, 11) is 0. The van der Waals surface area contributed by atoms with Crippen molar-refractivity contribution < 1.29 is 14.6 Å². The van der Waals surface area contributed by atoms with E-state index in [9.17, 15) is 4.79 Å². The molecule has 0 fully saturated rings. The number of carboxylic acids is 1. The fourth-order valence-corrected chi connectivity index (χ4v) is 0.331. The van der Waals surface area contributed by atoms with Crippen LogP contribution in [0, 0.1) is 0 Å². The van der Waals surface area contributed by atoms with Gasteiger partial charge in [0.25, 0.3) is 0 Å². The van der Waals surface area contributed by atoms with Gasteiger partial charge in [0.2, 0.25) is 0 Å². The van der Waals surface area contributed by atoms with E-state index >= 15 is 0 Å². The number of hydrogen-bond donors (Lipinski definition) is 1. The van der Waals surface area contributed by atoms with Gasteiger partial charge in [0, 0.05) is 0 Å². The summed E-state index contributed by atoms with van der Waals surface area (Å²) in [6, 6.07) is 0. The minimum atomic E-state index is -0.907. The van der Waals surface area contributed by atoms with Crippen LogP contribution < -0.4 is 0 Å². The van der Waals surface area contributed by atoms with Gasteiger partial charge in [-0.3, -0.25) is 0 Å². The molecule has 3 heteroatoms. The van der Waals surface area contributed by atoms with Crippen molar-refractivity contribution in [3.8, 4) is 0 Å². The van der Waals surface area contributed by atoms with Crippen LogP contribution in [0.4, 0.5) is 0 Å². The molecule has 0 saturated heterocycles. The minimum absolute atomic E-state index is 0.0566. The Hall–Kier alpha value is -0.570. The van der Waals surface area contributed by atoms with E-state index in [1.165, 1.54) is 0 Å². The highest BCUT2D eigenvalue weighted by Gasteiger charge is 2.00. The molecule has 0 aromatic heterocycles. The van der Waals surface area contributed by atoms with Gasteiger partial charge in [-0.05, 0) is 13.3 Å². The molecule has 0 aromatic carbocycles. The van der Waals surface area contributed by atoms with Gasteiger partial charge >= 0.3 is 5.97 Å². The predicted octanol–water partition coefficient (Wildman–Crippen LogP) is 0.886. The van der Waals surface area contributed by atoms with E-state index in [1.807, 2.05) is 13.8 Å². The summed E-state index contributed by atoms with van der Waals surface area (Å²) in [6.07, 6.45) is 0.911. The van der Waals surface area contributed by atoms with Crippen molar-refractivity contribution in [2.24, 2.45) is 0 Å². The summed E-state index contributed by atoms with van der Waals surface area (Å²) in [6.45, 7) is 3.62. The maximum atomic E-state index is 9.89. The second-order valence-electron chi connectivity index (χ2n) is 1.92. The third kappa shape index (κ3) is 5.30. The highest BCUT2D eigenvalue weighted by Crippen LogP contribution is 1.93. The molecule has 0 rings (SSSR count). The maximum absolute atomic E-state index is 9.89. The lowest BCUT2D eigenvalue weighted by molar-refractivity contribution is -0.144. The average molecular weight is 132 g/mol. The fourth-order valence-electron chi connectivity index (χ4n) is 0.331. The monoisotopic (exact) mass is 132 g/mol. The Kier molecular flexibility index (Phi) is 4.05. The first-order valence-electron chi connectivity index (χ1n) is 3.00. The van der Waals surface area contributed by atoms with Gasteiger partial charge < -0.3 is 9.84 Å². The zero-order chi connectivity index (χ0) is 7.28. The molecule has 0 aliphatic carbocycles. The van der Waals surface area contributed by atoms with Gasteiger partial charge in [-0.2, -0.15) is 0 Å². The first kappa shape index (κ1) is 8.43. The minimum Gasteiger partial charge on any atom is -0.480 e. The molecule has 0 bridgehead atoms. The van der Waals surface area contributed by atoms with Crippen molar-refractivity contribution in [3.63, 3.8) is 0 Å². The highest BCUT2D eigenvalue weighted by molar-refractivity contribution is 5.68. The summed E-state index contributed by atoms with van der Waals surface area (Å²) in [5.41, 5.74) is 0. The second kappa shape index (κ2) is 4.32. The van der Waals surface area contributed by atoms with Crippen LogP contribution in [0.15, 0.2) is 0 Å². The van der Waals surface area contributed by atoms with Crippen LogP contribution in [0.5, 0.6) is 0 Å². The van der Waals surface area contributed by atoms with E-state index in [2.05, 4.69) is 0 Å². The molecule has 0 aliphatic rings. The van der Waals surface area contributed by atoms with Crippen LogP contribution in [-0.4, -0.2) is 23.8 Å². The zero-order valence-corrected chi connectivity index (χ0v) is 5.76. The van der Waals surface area contributed by atoms with Crippen molar-refractivity contribution in [3.05, 3.63) is 0 Å². The molecule has 1 atom stereocenters. The van der Waals surface area contributed by atoms with Gasteiger partial charge in [-0.15, -0.1) is 0 Å². The van der Waals surface area contributed by atoms with Gasteiger partial charge in [-0.1, -0.05) is 6.92 Å². The van der Waals surface area contributed by atoms with Crippen LogP contribution in [-0.2, 0) is 9.53 Å². The first-order valence-corrected chi connectivity index (χ1v) is 3.00. The normalized spacial score (nSPS) is 13.1. The van der Waals surface area contributed by atoms with Crippen molar-refractivity contribution in [2.45, 2.75) is 26.4 Å². The molecule has 0 amide bonds. The SMILES string of the molecule is CC[C@@H](C)OCC(=O)O. The number of carboxylic acid groups (broad SMARTS) is 1. The Labute approximate surface area is 54.6 Å². The summed E-state index contributed by atoms with van der Waals surface area (Å²) >= 11 is 0. The standard InChI is InChI=1S/C6H12O3/c1-3-5(2)9-4-6(7)8/h5H,3-4H2,1-2H3,(H,7,8)/t5-/m1/s1. The Morgan fingerprint density at radius 3 is 2.67 bits per heavy atom. The van der Waals surface area contributed by atoms with E-state index in [-0.39, 0.29) is 12.7 Å². The quantitative estimate of drug-likeness (QED) is 0.617. The molecule has 0 radical (unpaired) electrons. The molecule has 3 nitrogen and oxygen atoms in total. The van der Waals surface area contributed by atoms with Crippen LogP contribution in [0.2, 0.25) is 0 Å². The Morgan fingerprint density at radius 2 is 2.33 bits per heavy atom. The first-order chi connectivity index (χ1) is 4.16. The number of carbonyl (C=O) groups is 1. The van der Waals surface area contributed by atoms with Gasteiger partial charge in [0.1, 0.15) is 6.61 Å². The molecule has 54 valence electrons. The summed E-state index contributed by atoms with van der Waals surface area (Å²) in [5, 5.41) is 8.13. The van der Waals surface area contributed by atoms with Crippen molar-refractivity contribution in [2.75, 3.05) is 6.61 Å². The molecular formula is C6H12O3. The van der Waals surface area contributed by atoms with Crippen molar-refractivity contribution in [1.82, 2.24) is 0 Å². The lowest BCUT2D eigenvalue weighted by atomic mass is 10.3.